The molecule has 13 heavy (non-hydrogen) atoms. The Balaban J connectivity index is 2.35. The number of nitriles is 1. The summed E-state index contributed by atoms with van der Waals surface area (Å²) in [6, 6.07) is 3.89. The SMILES string of the molecule is N#CC1(c2cc(Br)co2)CC(=O)C1. The molecule has 4 heteroatoms. The lowest BCUT2D eigenvalue weighted by Gasteiger charge is -2.31. The first kappa shape index (κ1) is 8.52. The first-order chi connectivity index (χ1) is 6.16. The van der Waals surface area contributed by atoms with Gasteiger partial charge in [-0.15, -0.1) is 0 Å². The summed E-state index contributed by atoms with van der Waals surface area (Å²) in [4.78, 5) is 10.8. The van der Waals surface area contributed by atoms with Gasteiger partial charge in [0, 0.05) is 12.8 Å². The van der Waals surface area contributed by atoms with Crippen molar-refractivity contribution in [3.05, 3.63) is 22.6 Å². The van der Waals surface area contributed by atoms with Gasteiger partial charge in [0.2, 0.25) is 0 Å². The van der Waals surface area contributed by atoms with Crippen LogP contribution in [0.25, 0.3) is 0 Å². The first-order valence-corrected chi connectivity index (χ1v) is 4.63. The van der Waals surface area contributed by atoms with Crippen molar-refractivity contribution in [2.45, 2.75) is 18.3 Å². The predicted molar refractivity (Wildman–Crippen MR) is 47.9 cm³/mol. The Kier molecular flexibility index (Phi) is 1.77. The normalized spacial score (nSPS) is 19.2. The van der Waals surface area contributed by atoms with Crippen LogP contribution in [0.4, 0.5) is 0 Å². The average molecular weight is 240 g/mol. The van der Waals surface area contributed by atoms with E-state index in [1.165, 1.54) is 6.26 Å². The second-order valence-electron chi connectivity index (χ2n) is 3.22. The van der Waals surface area contributed by atoms with E-state index < -0.39 is 5.41 Å². The van der Waals surface area contributed by atoms with Crippen LogP contribution in [0.5, 0.6) is 0 Å². The monoisotopic (exact) mass is 239 g/mol. The number of carbonyl (C=O) groups is 1. The van der Waals surface area contributed by atoms with Crippen LogP contribution < -0.4 is 0 Å². The second kappa shape index (κ2) is 2.71. The van der Waals surface area contributed by atoms with Gasteiger partial charge in [0.05, 0.1) is 10.5 Å². The van der Waals surface area contributed by atoms with Gasteiger partial charge in [-0.3, -0.25) is 4.79 Å². The molecule has 0 unspecified atom stereocenters. The van der Waals surface area contributed by atoms with Crippen molar-refractivity contribution in [3.8, 4) is 6.07 Å². The number of furan rings is 1. The smallest absolute Gasteiger partial charge is 0.137 e. The minimum absolute atomic E-state index is 0.120. The van der Waals surface area contributed by atoms with E-state index in [1.54, 1.807) is 6.07 Å². The molecule has 1 heterocycles. The standard InChI is InChI=1S/C9H6BrNO2/c10-6-1-8(13-4-6)9(5-11)2-7(12)3-9/h1,4H,2-3H2. The lowest BCUT2D eigenvalue weighted by molar-refractivity contribution is -0.127. The minimum Gasteiger partial charge on any atom is -0.466 e. The summed E-state index contributed by atoms with van der Waals surface area (Å²) in [6.07, 6.45) is 2.09. The van der Waals surface area contributed by atoms with Crippen molar-refractivity contribution >= 4 is 21.7 Å². The third kappa shape index (κ3) is 1.20. The van der Waals surface area contributed by atoms with Gasteiger partial charge in [0.1, 0.15) is 23.2 Å². The molecule has 2 rings (SSSR count). The molecule has 3 nitrogen and oxygen atoms in total. The summed E-state index contributed by atoms with van der Waals surface area (Å²) in [5, 5.41) is 8.94. The molecule has 1 saturated carbocycles. The molecule has 1 aromatic rings. The third-order valence-electron chi connectivity index (χ3n) is 2.25. The Morgan fingerprint density at radius 1 is 1.62 bits per heavy atom. The average Bonchev–Trinajstić information content (AvgIpc) is 2.46. The van der Waals surface area contributed by atoms with E-state index in [0.717, 1.165) is 4.47 Å². The van der Waals surface area contributed by atoms with E-state index in [2.05, 4.69) is 22.0 Å². The van der Waals surface area contributed by atoms with Crippen LogP contribution in [-0.2, 0) is 10.2 Å². The maximum absolute atomic E-state index is 10.8. The molecule has 0 aromatic carbocycles. The Hall–Kier alpha value is -1.08. The fourth-order valence-electron chi connectivity index (χ4n) is 1.49. The lowest BCUT2D eigenvalue weighted by atomic mass is 9.67. The van der Waals surface area contributed by atoms with Crippen LogP contribution in [0.3, 0.4) is 0 Å². The van der Waals surface area contributed by atoms with Crippen molar-refractivity contribution in [1.29, 1.82) is 5.26 Å². The zero-order valence-electron chi connectivity index (χ0n) is 6.71. The quantitative estimate of drug-likeness (QED) is 0.755. The molecule has 1 aromatic heterocycles. The van der Waals surface area contributed by atoms with Crippen molar-refractivity contribution < 1.29 is 9.21 Å². The molecule has 1 fully saturated rings. The van der Waals surface area contributed by atoms with E-state index in [9.17, 15) is 4.79 Å². The second-order valence-corrected chi connectivity index (χ2v) is 4.13. The van der Waals surface area contributed by atoms with E-state index >= 15 is 0 Å². The molecule has 0 aliphatic heterocycles. The van der Waals surface area contributed by atoms with Gasteiger partial charge in [-0.25, -0.2) is 0 Å². The molecule has 0 bridgehead atoms. The van der Waals surface area contributed by atoms with Gasteiger partial charge in [-0.1, -0.05) is 0 Å². The predicted octanol–water partition coefficient (Wildman–Crippen LogP) is 2.17. The first-order valence-electron chi connectivity index (χ1n) is 3.84. The minimum atomic E-state index is -0.691. The number of Topliss-reactive ketones (excluding diaryl/α,β-unsaturated/α-hetero) is 1. The summed E-state index contributed by atoms with van der Waals surface area (Å²) < 4.78 is 5.99. The van der Waals surface area contributed by atoms with Gasteiger partial charge in [-0.2, -0.15) is 5.26 Å². The highest BCUT2D eigenvalue weighted by Crippen LogP contribution is 2.41. The molecule has 66 valence electrons. The number of nitrogens with zero attached hydrogens (tertiary/aromatic N) is 1. The maximum atomic E-state index is 10.8. The van der Waals surface area contributed by atoms with Crippen LogP contribution in [0.15, 0.2) is 21.2 Å². The molecule has 1 aliphatic carbocycles. The number of halogens is 1. The zero-order valence-corrected chi connectivity index (χ0v) is 8.30. The van der Waals surface area contributed by atoms with Gasteiger partial charge >= 0.3 is 0 Å². The molecular weight excluding hydrogens is 234 g/mol. The number of ketones is 1. The van der Waals surface area contributed by atoms with Crippen molar-refractivity contribution in [2.75, 3.05) is 0 Å². The van der Waals surface area contributed by atoms with E-state index in [-0.39, 0.29) is 18.6 Å². The Morgan fingerprint density at radius 2 is 2.31 bits per heavy atom. The van der Waals surface area contributed by atoms with E-state index in [1.807, 2.05) is 0 Å². The largest absolute Gasteiger partial charge is 0.466 e. The third-order valence-corrected chi connectivity index (χ3v) is 2.67. The lowest BCUT2D eigenvalue weighted by Crippen LogP contribution is -2.39. The van der Waals surface area contributed by atoms with Crippen LogP contribution in [-0.4, -0.2) is 5.78 Å². The van der Waals surface area contributed by atoms with Crippen LogP contribution in [0.1, 0.15) is 18.6 Å². The van der Waals surface area contributed by atoms with Crippen LogP contribution >= 0.6 is 15.9 Å². The highest BCUT2D eigenvalue weighted by Gasteiger charge is 2.48. The molecule has 0 atom stereocenters. The summed E-state index contributed by atoms with van der Waals surface area (Å²) in [7, 11) is 0. The molecule has 0 spiro atoms. The fraction of sp³-hybridized carbons (Fsp3) is 0.333. The summed E-state index contributed by atoms with van der Waals surface area (Å²) >= 11 is 3.23. The summed E-state index contributed by atoms with van der Waals surface area (Å²) in [6.45, 7) is 0. The Labute approximate surface area is 83.5 Å². The van der Waals surface area contributed by atoms with Gasteiger partial charge in [0.15, 0.2) is 0 Å². The van der Waals surface area contributed by atoms with Gasteiger partial charge in [0.25, 0.3) is 0 Å². The van der Waals surface area contributed by atoms with Crippen molar-refractivity contribution in [3.63, 3.8) is 0 Å². The number of hydrogen-bond donors (Lipinski definition) is 0. The van der Waals surface area contributed by atoms with Crippen molar-refractivity contribution in [1.82, 2.24) is 0 Å². The molecular formula is C9H6BrNO2. The molecule has 0 saturated heterocycles. The molecule has 1 aliphatic rings. The van der Waals surface area contributed by atoms with Gasteiger partial charge in [-0.05, 0) is 22.0 Å². The topological polar surface area (TPSA) is 54.0 Å². The van der Waals surface area contributed by atoms with E-state index in [4.69, 9.17) is 9.68 Å². The van der Waals surface area contributed by atoms with Gasteiger partial charge < -0.3 is 4.42 Å². The molecule has 0 N–H and O–H groups in total. The van der Waals surface area contributed by atoms with Crippen molar-refractivity contribution in [2.24, 2.45) is 0 Å². The zero-order chi connectivity index (χ0) is 9.47. The fourth-order valence-corrected chi connectivity index (χ4v) is 1.80. The summed E-state index contributed by atoms with van der Waals surface area (Å²) in [5.74, 6) is 0.704. The van der Waals surface area contributed by atoms with Crippen LogP contribution in [0.2, 0.25) is 0 Å². The number of hydrogen-bond acceptors (Lipinski definition) is 3. The highest BCUT2D eigenvalue weighted by molar-refractivity contribution is 9.10. The van der Waals surface area contributed by atoms with E-state index in [0.29, 0.717) is 5.76 Å². The Morgan fingerprint density at radius 3 is 2.69 bits per heavy atom. The molecule has 0 amide bonds. The number of rotatable bonds is 1. The summed E-state index contributed by atoms with van der Waals surface area (Å²) in [5.41, 5.74) is -0.691. The molecule has 0 radical (unpaired) electrons. The Bertz CT molecular complexity index is 394. The van der Waals surface area contributed by atoms with Crippen LogP contribution in [0, 0.1) is 11.3 Å². The number of carbonyl (C=O) groups excluding carboxylic acids is 1. The highest BCUT2D eigenvalue weighted by atomic mass is 79.9. The maximum Gasteiger partial charge on any atom is 0.137 e.